The number of carbonyl (C=O) groups is 1. The lowest BCUT2D eigenvalue weighted by molar-refractivity contribution is 0.0435. The van der Waals surface area contributed by atoms with E-state index < -0.39 is 6.10 Å². The number of hydrogen-bond acceptors (Lipinski definition) is 2. The van der Waals surface area contributed by atoms with Crippen molar-refractivity contribution in [3.63, 3.8) is 0 Å². The van der Waals surface area contributed by atoms with Crippen molar-refractivity contribution in [2.45, 2.75) is 37.8 Å². The number of β-amino-alcohol motifs (C(OH)–C–C–N with tert-alkyl or cyclic N) is 1. The molecular weight excluding hydrogens is 271 g/mol. The third-order valence-corrected chi connectivity index (χ3v) is 4.61. The van der Waals surface area contributed by atoms with Gasteiger partial charge in [0.15, 0.2) is 0 Å². The van der Waals surface area contributed by atoms with Crippen LogP contribution < -0.4 is 5.32 Å². The summed E-state index contributed by atoms with van der Waals surface area (Å²) in [6.45, 7) is 3.04. The lowest BCUT2D eigenvalue weighted by atomic mass is 9.96. The molecule has 21 heavy (non-hydrogen) atoms. The van der Waals surface area contributed by atoms with Crippen LogP contribution in [0.4, 0.5) is 9.18 Å². The fourth-order valence-corrected chi connectivity index (χ4v) is 2.96. The van der Waals surface area contributed by atoms with E-state index in [0.29, 0.717) is 18.7 Å². The van der Waals surface area contributed by atoms with Gasteiger partial charge in [-0.15, -0.1) is 0 Å². The molecule has 4 atom stereocenters. The lowest BCUT2D eigenvalue weighted by Gasteiger charge is -2.34. The van der Waals surface area contributed by atoms with Crippen LogP contribution in [-0.2, 0) is 0 Å². The summed E-state index contributed by atoms with van der Waals surface area (Å²) in [5, 5.41) is 12.8. The van der Waals surface area contributed by atoms with Crippen molar-refractivity contribution in [2.75, 3.05) is 13.1 Å². The zero-order valence-corrected chi connectivity index (χ0v) is 12.1. The molecule has 5 heteroatoms. The van der Waals surface area contributed by atoms with E-state index in [1.54, 1.807) is 17.0 Å². The summed E-state index contributed by atoms with van der Waals surface area (Å²) in [6.07, 6.45) is 1.14. The number of urea groups is 1. The molecule has 1 aliphatic carbocycles. The van der Waals surface area contributed by atoms with Crippen LogP contribution in [0, 0.1) is 11.7 Å². The Morgan fingerprint density at radius 3 is 2.90 bits per heavy atom. The molecule has 1 saturated carbocycles. The topological polar surface area (TPSA) is 52.6 Å². The normalized spacial score (nSPS) is 31.9. The fourth-order valence-electron chi connectivity index (χ4n) is 2.96. The molecule has 4 nitrogen and oxygen atoms in total. The van der Waals surface area contributed by atoms with Crippen LogP contribution in [0.15, 0.2) is 24.3 Å². The van der Waals surface area contributed by atoms with Gasteiger partial charge in [-0.3, -0.25) is 0 Å². The molecular formula is C16H21FN2O2. The van der Waals surface area contributed by atoms with Crippen LogP contribution in [0.5, 0.6) is 0 Å². The highest BCUT2D eigenvalue weighted by atomic mass is 19.1. The first kappa shape index (κ1) is 14.3. The van der Waals surface area contributed by atoms with Gasteiger partial charge in [0.05, 0.1) is 6.10 Å². The van der Waals surface area contributed by atoms with Gasteiger partial charge >= 0.3 is 6.03 Å². The second-order valence-electron chi connectivity index (χ2n) is 6.20. The molecule has 1 heterocycles. The van der Waals surface area contributed by atoms with Gasteiger partial charge in [0.2, 0.25) is 0 Å². The van der Waals surface area contributed by atoms with Crippen LogP contribution in [-0.4, -0.2) is 41.3 Å². The second-order valence-corrected chi connectivity index (χ2v) is 6.20. The number of likely N-dealkylation sites (tertiary alicyclic amines) is 1. The Labute approximate surface area is 124 Å². The molecule has 2 fully saturated rings. The maximum Gasteiger partial charge on any atom is 0.317 e. The number of nitrogens with zero attached hydrogens (tertiary/aromatic N) is 1. The molecule has 1 aromatic rings. The van der Waals surface area contributed by atoms with Crippen molar-refractivity contribution in [3.8, 4) is 0 Å². The first-order valence-corrected chi connectivity index (χ1v) is 7.54. The molecule has 114 valence electrons. The highest BCUT2D eigenvalue weighted by molar-refractivity contribution is 5.75. The highest BCUT2D eigenvalue weighted by Gasteiger charge is 2.42. The predicted molar refractivity (Wildman–Crippen MR) is 77.4 cm³/mol. The van der Waals surface area contributed by atoms with E-state index in [9.17, 15) is 14.3 Å². The van der Waals surface area contributed by atoms with Gasteiger partial charge in [0, 0.05) is 25.0 Å². The third-order valence-electron chi connectivity index (χ3n) is 4.61. The van der Waals surface area contributed by atoms with E-state index in [4.69, 9.17) is 0 Å². The quantitative estimate of drug-likeness (QED) is 0.877. The van der Waals surface area contributed by atoms with Gasteiger partial charge < -0.3 is 15.3 Å². The van der Waals surface area contributed by atoms with Crippen molar-refractivity contribution >= 4 is 6.03 Å². The summed E-state index contributed by atoms with van der Waals surface area (Å²) in [5.74, 6) is 0.103. The van der Waals surface area contributed by atoms with Crippen LogP contribution in [0.2, 0.25) is 0 Å². The molecule has 3 rings (SSSR count). The number of rotatable bonds is 2. The summed E-state index contributed by atoms with van der Waals surface area (Å²) in [5.41, 5.74) is 0.676. The van der Waals surface area contributed by atoms with E-state index in [1.165, 1.54) is 6.07 Å². The standard InChI is InChI=1S/C16H21FN2O2/c1-10-6-7-19(9-15(10)20)16(21)18-14-8-12(14)11-4-2-3-5-13(11)17/h2-5,10,12,14-15,20H,6-9H2,1H3,(H,18,21). The van der Waals surface area contributed by atoms with Crippen molar-refractivity contribution in [1.29, 1.82) is 0 Å². The molecule has 1 aromatic carbocycles. The monoisotopic (exact) mass is 292 g/mol. The molecule has 0 aromatic heterocycles. The first-order valence-electron chi connectivity index (χ1n) is 7.54. The molecule has 4 unspecified atom stereocenters. The van der Waals surface area contributed by atoms with Crippen molar-refractivity contribution in [1.82, 2.24) is 10.2 Å². The highest BCUT2D eigenvalue weighted by Crippen LogP contribution is 2.41. The van der Waals surface area contributed by atoms with E-state index in [-0.39, 0.29) is 29.7 Å². The van der Waals surface area contributed by atoms with Gasteiger partial charge in [-0.1, -0.05) is 25.1 Å². The fraction of sp³-hybridized carbons (Fsp3) is 0.562. The minimum atomic E-state index is -0.453. The van der Waals surface area contributed by atoms with Crippen LogP contribution in [0.3, 0.4) is 0 Å². The zero-order valence-electron chi connectivity index (χ0n) is 12.1. The number of carbonyl (C=O) groups excluding carboxylic acids is 1. The summed E-state index contributed by atoms with van der Waals surface area (Å²) >= 11 is 0. The van der Waals surface area contributed by atoms with E-state index in [2.05, 4.69) is 5.32 Å². The minimum Gasteiger partial charge on any atom is -0.391 e. The van der Waals surface area contributed by atoms with Gasteiger partial charge in [-0.05, 0) is 30.4 Å². The number of amides is 2. The van der Waals surface area contributed by atoms with Crippen LogP contribution >= 0.6 is 0 Å². The molecule has 0 bridgehead atoms. The molecule has 2 N–H and O–H groups in total. The number of aliphatic hydroxyl groups is 1. The zero-order chi connectivity index (χ0) is 15.0. The Bertz CT molecular complexity index is 537. The molecule has 0 spiro atoms. The van der Waals surface area contributed by atoms with Crippen LogP contribution in [0.1, 0.15) is 31.2 Å². The van der Waals surface area contributed by atoms with Gasteiger partial charge in [-0.2, -0.15) is 0 Å². The van der Waals surface area contributed by atoms with E-state index >= 15 is 0 Å². The number of piperidine rings is 1. The molecule has 2 aliphatic rings. The average Bonchev–Trinajstić information content (AvgIpc) is 3.21. The molecule has 1 aliphatic heterocycles. The van der Waals surface area contributed by atoms with Crippen molar-refractivity contribution in [3.05, 3.63) is 35.6 Å². The Kier molecular flexibility index (Phi) is 3.85. The van der Waals surface area contributed by atoms with Gasteiger partial charge in [0.25, 0.3) is 0 Å². The van der Waals surface area contributed by atoms with Gasteiger partial charge in [0.1, 0.15) is 5.82 Å². The molecule has 2 amide bonds. The Hall–Kier alpha value is -1.62. The predicted octanol–water partition coefficient (Wildman–Crippen LogP) is 2.09. The maximum atomic E-state index is 13.7. The summed E-state index contributed by atoms with van der Waals surface area (Å²) in [6, 6.07) is 6.58. The maximum absolute atomic E-state index is 13.7. The largest absolute Gasteiger partial charge is 0.391 e. The van der Waals surface area contributed by atoms with Crippen molar-refractivity contribution in [2.24, 2.45) is 5.92 Å². The Morgan fingerprint density at radius 2 is 2.19 bits per heavy atom. The van der Waals surface area contributed by atoms with E-state index in [0.717, 1.165) is 12.8 Å². The Morgan fingerprint density at radius 1 is 1.43 bits per heavy atom. The van der Waals surface area contributed by atoms with Crippen molar-refractivity contribution < 1.29 is 14.3 Å². The smallest absolute Gasteiger partial charge is 0.317 e. The lowest BCUT2D eigenvalue weighted by Crippen LogP contribution is -2.50. The third kappa shape index (κ3) is 3.02. The summed E-state index contributed by atoms with van der Waals surface area (Å²) in [4.78, 5) is 13.8. The number of halogens is 1. The first-order chi connectivity index (χ1) is 10.1. The molecule has 1 saturated heterocycles. The molecule has 0 radical (unpaired) electrons. The summed E-state index contributed by atoms with van der Waals surface area (Å²) < 4.78 is 13.7. The average molecular weight is 292 g/mol. The number of aliphatic hydroxyl groups excluding tert-OH is 1. The summed E-state index contributed by atoms with van der Waals surface area (Å²) in [7, 11) is 0. The van der Waals surface area contributed by atoms with Crippen LogP contribution in [0.25, 0.3) is 0 Å². The number of hydrogen-bond donors (Lipinski definition) is 2. The Balaban J connectivity index is 1.55. The minimum absolute atomic E-state index is 0.00546. The second kappa shape index (κ2) is 5.64. The number of benzene rings is 1. The van der Waals surface area contributed by atoms with E-state index in [1.807, 2.05) is 13.0 Å². The SMILES string of the molecule is CC1CCN(C(=O)NC2CC2c2ccccc2F)CC1O. The van der Waals surface area contributed by atoms with Gasteiger partial charge in [-0.25, -0.2) is 9.18 Å². The number of nitrogens with one attached hydrogen (secondary N) is 1.